The van der Waals surface area contributed by atoms with Crippen LogP contribution in [0.1, 0.15) is 18.4 Å². The Bertz CT molecular complexity index is 554. The molecule has 2 saturated carbocycles. The van der Waals surface area contributed by atoms with Gasteiger partial charge in [-0.1, -0.05) is 30.3 Å². The van der Waals surface area contributed by atoms with Gasteiger partial charge >= 0.3 is 5.97 Å². The highest BCUT2D eigenvalue weighted by Gasteiger charge is 2.63. The SMILES string of the molecule is O=C(NCc1ccccc1)[C@@H]1[C@@H]2C[C@H]3[C@H]1C(=O)O[C@H]3C2. The Morgan fingerprint density at radius 3 is 2.85 bits per heavy atom. The Morgan fingerprint density at radius 2 is 2.05 bits per heavy atom. The highest BCUT2D eigenvalue weighted by atomic mass is 16.6. The van der Waals surface area contributed by atoms with Crippen molar-refractivity contribution in [2.45, 2.75) is 25.5 Å². The van der Waals surface area contributed by atoms with Crippen LogP contribution in [-0.2, 0) is 20.9 Å². The predicted octanol–water partition coefficient (Wildman–Crippen LogP) is 1.50. The molecule has 1 aromatic carbocycles. The lowest BCUT2D eigenvalue weighted by atomic mass is 9.79. The minimum Gasteiger partial charge on any atom is -0.462 e. The monoisotopic (exact) mass is 271 g/mol. The lowest BCUT2D eigenvalue weighted by Crippen LogP contribution is -2.39. The van der Waals surface area contributed by atoms with Crippen LogP contribution < -0.4 is 5.32 Å². The van der Waals surface area contributed by atoms with Crippen molar-refractivity contribution in [3.05, 3.63) is 35.9 Å². The molecule has 4 nitrogen and oxygen atoms in total. The second kappa shape index (κ2) is 4.33. The molecule has 2 aliphatic carbocycles. The van der Waals surface area contributed by atoms with E-state index in [0.29, 0.717) is 18.4 Å². The average molecular weight is 271 g/mol. The lowest BCUT2D eigenvalue weighted by molar-refractivity contribution is -0.146. The number of nitrogens with one attached hydrogen (secondary N) is 1. The van der Waals surface area contributed by atoms with Gasteiger partial charge in [0.25, 0.3) is 0 Å². The van der Waals surface area contributed by atoms with Crippen LogP contribution in [0.2, 0.25) is 0 Å². The summed E-state index contributed by atoms with van der Waals surface area (Å²) >= 11 is 0. The molecule has 1 saturated heterocycles. The van der Waals surface area contributed by atoms with Gasteiger partial charge in [0.1, 0.15) is 6.10 Å². The van der Waals surface area contributed by atoms with Gasteiger partial charge in [0.05, 0.1) is 11.8 Å². The van der Waals surface area contributed by atoms with Crippen LogP contribution in [0.4, 0.5) is 0 Å². The molecule has 0 radical (unpaired) electrons. The average Bonchev–Trinajstić information content (AvgIpc) is 3.07. The second-order valence-electron chi connectivity index (χ2n) is 6.13. The molecule has 0 aromatic heterocycles. The molecule has 1 amide bonds. The molecule has 0 unspecified atom stereocenters. The van der Waals surface area contributed by atoms with Crippen LogP contribution in [0.25, 0.3) is 0 Å². The fourth-order valence-electron chi connectivity index (χ4n) is 4.27. The van der Waals surface area contributed by atoms with Gasteiger partial charge in [-0.25, -0.2) is 0 Å². The van der Waals surface area contributed by atoms with E-state index < -0.39 is 0 Å². The standard InChI is InChI=1S/C16H17NO3/c18-15(17-8-9-4-2-1-3-5-9)13-10-6-11-12(7-10)20-16(19)14(11)13/h1-5,10-14H,6-8H2,(H,17,18)/t10-,11-,12+,13-,14-/m1/s1. The van der Waals surface area contributed by atoms with Gasteiger partial charge in [0.15, 0.2) is 0 Å². The van der Waals surface area contributed by atoms with E-state index in [-0.39, 0.29) is 29.8 Å². The fourth-order valence-corrected chi connectivity index (χ4v) is 4.27. The number of hydrogen-bond acceptors (Lipinski definition) is 3. The number of esters is 1. The summed E-state index contributed by atoms with van der Waals surface area (Å²) in [5.41, 5.74) is 1.08. The maximum atomic E-state index is 12.4. The number of benzene rings is 1. The van der Waals surface area contributed by atoms with Crippen LogP contribution in [0.5, 0.6) is 0 Å². The third-order valence-electron chi connectivity index (χ3n) is 5.10. The summed E-state index contributed by atoms with van der Waals surface area (Å²) < 4.78 is 5.36. The smallest absolute Gasteiger partial charge is 0.310 e. The van der Waals surface area contributed by atoms with E-state index in [2.05, 4.69) is 5.32 Å². The van der Waals surface area contributed by atoms with Crippen LogP contribution in [0.3, 0.4) is 0 Å². The van der Waals surface area contributed by atoms with Crippen molar-refractivity contribution in [3.63, 3.8) is 0 Å². The van der Waals surface area contributed by atoms with Crippen molar-refractivity contribution < 1.29 is 14.3 Å². The Morgan fingerprint density at radius 1 is 1.25 bits per heavy atom. The van der Waals surface area contributed by atoms with E-state index in [0.717, 1.165) is 18.4 Å². The van der Waals surface area contributed by atoms with Crippen molar-refractivity contribution in [3.8, 4) is 0 Å². The predicted molar refractivity (Wildman–Crippen MR) is 71.4 cm³/mol. The van der Waals surface area contributed by atoms with E-state index in [9.17, 15) is 9.59 Å². The van der Waals surface area contributed by atoms with E-state index in [4.69, 9.17) is 4.74 Å². The van der Waals surface area contributed by atoms with Gasteiger partial charge in [-0.3, -0.25) is 9.59 Å². The quantitative estimate of drug-likeness (QED) is 0.848. The van der Waals surface area contributed by atoms with Crippen molar-refractivity contribution in [1.29, 1.82) is 0 Å². The molecule has 20 heavy (non-hydrogen) atoms. The van der Waals surface area contributed by atoms with Crippen LogP contribution in [-0.4, -0.2) is 18.0 Å². The Kier molecular flexibility index (Phi) is 2.59. The summed E-state index contributed by atoms with van der Waals surface area (Å²) in [5.74, 6) is 0.130. The van der Waals surface area contributed by atoms with Crippen molar-refractivity contribution in [2.24, 2.45) is 23.7 Å². The number of hydrogen-bond donors (Lipinski definition) is 1. The molecule has 1 N–H and O–H groups in total. The van der Waals surface area contributed by atoms with E-state index in [1.165, 1.54) is 0 Å². The lowest BCUT2D eigenvalue weighted by Gasteiger charge is -2.23. The number of rotatable bonds is 3. The van der Waals surface area contributed by atoms with Crippen LogP contribution in [0, 0.1) is 23.7 Å². The van der Waals surface area contributed by atoms with Gasteiger partial charge < -0.3 is 10.1 Å². The van der Waals surface area contributed by atoms with Gasteiger partial charge in [0.2, 0.25) is 5.91 Å². The summed E-state index contributed by atoms with van der Waals surface area (Å²) in [6.45, 7) is 0.527. The highest BCUT2D eigenvalue weighted by Crippen LogP contribution is 2.57. The summed E-state index contributed by atoms with van der Waals surface area (Å²) in [4.78, 5) is 24.3. The molecule has 5 atom stereocenters. The highest BCUT2D eigenvalue weighted by molar-refractivity contribution is 5.88. The maximum Gasteiger partial charge on any atom is 0.310 e. The molecular weight excluding hydrogens is 254 g/mol. The molecule has 4 rings (SSSR count). The summed E-state index contributed by atoms with van der Waals surface area (Å²) in [6, 6.07) is 9.84. The first kappa shape index (κ1) is 11.9. The van der Waals surface area contributed by atoms with E-state index in [1.54, 1.807) is 0 Å². The van der Waals surface area contributed by atoms with E-state index >= 15 is 0 Å². The molecule has 4 heteroatoms. The summed E-state index contributed by atoms with van der Waals surface area (Å²) in [5, 5.41) is 2.98. The Labute approximate surface area is 117 Å². The largest absolute Gasteiger partial charge is 0.462 e. The molecule has 1 aromatic rings. The van der Waals surface area contributed by atoms with Gasteiger partial charge in [0, 0.05) is 12.5 Å². The molecule has 1 aliphatic heterocycles. The van der Waals surface area contributed by atoms with Crippen molar-refractivity contribution in [2.75, 3.05) is 0 Å². The summed E-state index contributed by atoms with van der Waals surface area (Å²) in [7, 11) is 0. The van der Waals surface area contributed by atoms with Gasteiger partial charge in [-0.05, 0) is 24.3 Å². The first-order valence-electron chi connectivity index (χ1n) is 7.26. The van der Waals surface area contributed by atoms with Gasteiger partial charge in [-0.15, -0.1) is 0 Å². The normalized spacial score (nSPS) is 37.0. The third kappa shape index (κ3) is 1.67. The summed E-state index contributed by atoms with van der Waals surface area (Å²) in [6.07, 6.45) is 1.94. The minimum atomic E-state index is -0.186. The van der Waals surface area contributed by atoms with Crippen molar-refractivity contribution in [1.82, 2.24) is 5.32 Å². The number of carbonyl (C=O) groups is 2. The zero-order valence-corrected chi connectivity index (χ0v) is 11.1. The zero-order valence-electron chi connectivity index (χ0n) is 11.1. The first-order valence-corrected chi connectivity index (χ1v) is 7.26. The minimum absolute atomic E-state index is 0.0173. The molecule has 3 aliphatic rings. The van der Waals surface area contributed by atoms with E-state index in [1.807, 2.05) is 30.3 Å². The maximum absolute atomic E-state index is 12.4. The van der Waals surface area contributed by atoms with Crippen molar-refractivity contribution >= 4 is 11.9 Å². The number of ether oxygens (including phenoxy) is 1. The molecule has 1 heterocycles. The Hall–Kier alpha value is -1.84. The van der Waals surface area contributed by atoms with Crippen LogP contribution in [0.15, 0.2) is 30.3 Å². The number of amides is 1. The molecule has 0 spiro atoms. The molecule has 3 fully saturated rings. The zero-order chi connectivity index (χ0) is 13.7. The molecule has 104 valence electrons. The molecule has 2 bridgehead atoms. The van der Waals surface area contributed by atoms with Gasteiger partial charge in [-0.2, -0.15) is 0 Å². The molecular formula is C16H17NO3. The topological polar surface area (TPSA) is 55.4 Å². The fraction of sp³-hybridized carbons (Fsp3) is 0.500. The number of carbonyl (C=O) groups excluding carboxylic acids is 2. The first-order chi connectivity index (χ1) is 9.74. The third-order valence-corrected chi connectivity index (χ3v) is 5.10. The number of fused-ring (bicyclic) bond motifs is 1. The second-order valence-corrected chi connectivity index (χ2v) is 6.13. The Balaban J connectivity index is 1.46. The van der Waals surface area contributed by atoms with Crippen LogP contribution >= 0.6 is 0 Å².